The molecule has 1 unspecified atom stereocenters. The van der Waals surface area contributed by atoms with Crippen LogP contribution in [0.4, 0.5) is 24.9 Å². The summed E-state index contributed by atoms with van der Waals surface area (Å²) >= 11 is 0. The highest BCUT2D eigenvalue weighted by molar-refractivity contribution is 5.45. The van der Waals surface area contributed by atoms with Crippen LogP contribution in [-0.2, 0) is 6.18 Å². The molecule has 0 aliphatic rings. The molecule has 0 amide bonds. The number of rotatable bonds is 5. The second kappa shape index (κ2) is 6.28. The molecule has 0 aromatic carbocycles. The Kier molecular flexibility index (Phi) is 5.19. The number of anilines is 2. The van der Waals surface area contributed by atoms with E-state index in [1.807, 2.05) is 20.8 Å². The smallest absolute Gasteiger partial charge is 0.357 e. The van der Waals surface area contributed by atoms with Crippen LogP contribution >= 0.6 is 0 Å². The molecule has 1 rings (SSSR count). The van der Waals surface area contributed by atoms with E-state index in [9.17, 15) is 13.2 Å². The Hall–Kier alpha value is -1.53. The molecule has 1 aromatic rings. The van der Waals surface area contributed by atoms with Crippen LogP contribution in [0.2, 0.25) is 0 Å². The third-order valence-electron chi connectivity index (χ3n) is 3.28. The van der Waals surface area contributed by atoms with Gasteiger partial charge in [0.05, 0.1) is 0 Å². The van der Waals surface area contributed by atoms with Crippen LogP contribution in [-0.4, -0.2) is 29.6 Å². The second-order valence-corrected chi connectivity index (χ2v) is 5.06. The van der Waals surface area contributed by atoms with E-state index >= 15 is 0 Å². The van der Waals surface area contributed by atoms with Crippen molar-refractivity contribution >= 4 is 11.8 Å². The molecule has 0 radical (unpaired) electrons. The molecule has 1 aromatic heterocycles. The van der Waals surface area contributed by atoms with Crippen LogP contribution in [0.15, 0.2) is 6.07 Å². The van der Waals surface area contributed by atoms with Crippen LogP contribution in [0.1, 0.15) is 33.4 Å². The number of halogens is 3. The fourth-order valence-electron chi connectivity index (χ4n) is 1.65. The van der Waals surface area contributed by atoms with Crippen molar-refractivity contribution in [1.29, 1.82) is 0 Å². The predicted molar refractivity (Wildman–Crippen MR) is 73.9 cm³/mol. The van der Waals surface area contributed by atoms with E-state index in [1.54, 1.807) is 18.9 Å². The first-order chi connectivity index (χ1) is 9.16. The lowest BCUT2D eigenvalue weighted by Gasteiger charge is -2.29. The summed E-state index contributed by atoms with van der Waals surface area (Å²) in [6.45, 7) is 8.22. The molecule has 1 N–H and O–H groups in total. The lowest BCUT2D eigenvalue weighted by Crippen LogP contribution is -2.34. The standard InChI is InChI=1S/C13H21F3N4/c1-6-17-12-18-10(13(14,15)16)7-11(19-12)20(5)9(4)8(2)3/h7-9H,6H2,1-5H3,(H,17,18,19). The summed E-state index contributed by atoms with van der Waals surface area (Å²) in [6, 6.07) is 1.06. The molecule has 0 fully saturated rings. The average molecular weight is 290 g/mol. The van der Waals surface area contributed by atoms with E-state index in [0.29, 0.717) is 12.5 Å². The number of nitrogens with zero attached hydrogens (tertiary/aromatic N) is 3. The SMILES string of the molecule is CCNc1nc(N(C)C(C)C(C)C)cc(C(F)(F)F)n1. The molecule has 0 bridgehead atoms. The van der Waals surface area contributed by atoms with Gasteiger partial charge in [0, 0.05) is 25.7 Å². The summed E-state index contributed by atoms with van der Waals surface area (Å²) in [4.78, 5) is 9.39. The van der Waals surface area contributed by atoms with Crippen molar-refractivity contribution in [3.63, 3.8) is 0 Å². The van der Waals surface area contributed by atoms with E-state index in [-0.39, 0.29) is 17.8 Å². The third-order valence-corrected chi connectivity index (χ3v) is 3.28. The zero-order chi connectivity index (χ0) is 15.5. The van der Waals surface area contributed by atoms with Crippen molar-refractivity contribution in [2.45, 2.75) is 39.9 Å². The van der Waals surface area contributed by atoms with Gasteiger partial charge in [-0.1, -0.05) is 13.8 Å². The van der Waals surface area contributed by atoms with E-state index < -0.39 is 11.9 Å². The zero-order valence-corrected chi connectivity index (χ0v) is 12.4. The van der Waals surface area contributed by atoms with E-state index in [2.05, 4.69) is 15.3 Å². The molecule has 1 heterocycles. The van der Waals surface area contributed by atoms with Crippen LogP contribution in [0.3, 0.4) is 0 Å². The van der Waals surface area contributed by atoms with Gasteiger partial charge in [-0.2, -0.15) is 18.2 Å². The first-order valence-corrected chi connectivity index (χ1v) is 6.59. The first kappa shape index (κ1) is 16.5. The zero-order valence-electron chi connectivity index (χ0n) is 12.4. The second-order valence-electron chi connectivity index (χ2n) is 5.06. The highest BCUT2D eigenvalue weighted by Gasteiger charge is 2.34. The Morgan fingerprint density at radius 1 is 1.25 bits per heavy atom. The number of alkyl halides is 3. The van der Waals surface area contributed by atoms with E-state index in [4.69, 9.17) is 0 Å². The molecular weight excluding hydrogens is 269 g/mol. The number of hydrogen-bond acceptors (Lipinski definition) is 4. The number of nitrogens with one attached hydrogen (secondary N) is 1. The summed E-state index contributed by atoms with van der Waals surface area (Å²) in [5, 5.41) is 2.73. The molecule has 0 aliphatic carbocycles. The minimum absolute atomic E-state index is 0.000121. The maximum absolute atomic E-state index is 12.9. The van der Waals surface area contributed by atoms with Gasteiger partial charge in [-0.15, -0.1) is 0 Å². The van der Waals surface area contributed by atoms with Crippen molar-refractivity contribution < 1.29 is 13.2 Å². The molecule has 1 atom stereocenters. The summed E-state index contributed by atoms with van der Waals surface area (Å²) in [6.07, 6.45) is -4.48. The van der Waals surface area contributed by atoms with Gasteiger partial charge in [0.25, 0.3) is 0 Å². The average Bonchev–Trinajstić information content (AvgIpc) is 2.35. The minimum atomic E-state index is -4.48. The molecule has 0 saturated carbocycles. The van der Waals surface area contributed by atoms with Crippen molar-refractivity contribution in [2.75, 3.05) is 23.8 Å². The van der Waals surface area contributed by atoms with Gasteiger partial charge in [0.1, 0.15) is 5.82 Å². The molecule has 20 heavy (non-hydrogen) atoms. The van der Waals surface area contributed by atoms with Crippen LogP contribution in [0.25, 0.3) is 0 Å². The summed E-state index contributed by atoms with van der Waals surface area (Å²) in [5.74, 6) is 0.566. The molecule has 7 heteroatoms. The third kappa shape index (κ3) is 3.98. The van der Waals surface area contributed by atoms with Crippen LogP contribution < -0.4 is 10.2 Å². The molecular formula is C13H21F3N4. The Balaban J connectivity index is 3.21. The molecule has 0 saturated heterocycles. The van der Waals surface area contributed by atoms with Crippen molar-refractivity contribution in [3.8, 4) is 0 Å². The number of aromatic nitrogens is 2. The Morgan fingerprint density at radius 2 is 1.85 bits per heavy atom. The summed E-state index contributed by atoms with van der Waals surface area (Å²) in [7, 11) is 1.74. The van der Waals surface area contributed by atoms with E-state index in [1.165, 1.54) is 0 Å². The van der Waals surface area contributed by atoms with E-state index in [0.717, 1.165) is 6.07 Å². The maximum Gasteiger partial charge on any atom is 0.433 e. The van der Waals surface area contributed by atoms with Gasteiger partial charge in [-0.3, -0.25) is 0 Å². The maximum atomic E-state index is 12.9. The van der Waals surface area contributed by atoms with Gasteiger partial charge in [-0.25, -0.2) is 4.98 Å². The summed E-state index contributed by atoms with van der Waals surface area (Å²) in [5.41, 5.74) is -0.929. The first-order valence-electron chi connectivity index (χ1n) is 6.59. The molecule has 0 aliphatic heterocycles. The monoisotopic (exact) mass is 290 g/mol. The topological polar surface area (TPSA) is 41.1 Å². The predicted octanol–water partition coefficient (Wildman–Crippen LogP) is 3.41. The van der Waals surface area contributed by atoms with Crippen molar-refractivity contribution in [3.05, 3.63) is 11.8 Å². The quantitative estimate of drug-likeness (QED) is 0.902. The largest absolute Gasteiger partial charge is 0.433 e. The highest BCUT2D eigenvalue weighted by Crippen LogP contribution is 2.31. The lowest BCUT2D eigenvalue weighted by atomic mass is 10.1. The Morgan fingerprint density at radius 3 is 2.30 bits per heavy atom. The van der Waals surface area contributed by atoms with Crippen LogP contribution in [0.5, 0.6) is 0 Å². The van der Waals surface area contributed by atoms with Gasteiger partial charge >= 0.3 is 6.18 Å². The van der Waals surface area contributed by atoms with Crippen molar-refractivity contribution in [1.82, 2.24) is 9.97 Å². The highest BCUT2D eigenvalue weighted by atomic mass is 19.4. The minimum Gasteiger partial charge on any atom is -0.357 e. The normalized spacial score (nSPS) is 13.4. The fourth-order valence-corrected chi connectivity index (χ4v) is 1.65. The molecule has 4 nitrogen and oxygen atoms in total. The molecule has 0 spiro atoms. The fraction of sp³-hybridized carbons (Fsp3) is 0.692. The Labute approximate surface area is 117 Å². The van der Waals surface area contributed by atoms with Gasteiger partial charge < -0.3 is 10.2 Å². The van der Waals surface area contributed by atoms with Crippen molar-refractivity contribution in [2.24, 2.45) is 5.92 Å². The number of hydrogen-bond donors (Lipinski definition) is 1. The van der Waals surface area contributed by atoms with Gasteiger partial charge in [0.15, 0.2) is 5.69 Å². The lowest BCUT2D eigenvalue weighted by molar-refractivity contribution is -0.141. The van der Waals surface area contributed by atoms with Gasteiger partial charge in [-0.05, 0) is 19.8 Å². The summed E-state index contributed by atoms with van der Waals surface area (Å²) < 4.78 is 38.6. The van der Waals surface area contributed by atoms with Crippen LogP contribution in [0, 0.1) is 5.92 Å². The Bertz CT molecular complexity index is 446. The molecule has 114 valence electrons. The van der Waals surface area contributed by atoms with Gasteiger partial charge in [0.2, 0.25) is 5.95 Å².